The second-order valence-corrected chi connectivity index (χ2v) is 4.55. The molecule has 6 heteroatoms. The van der Waals surface area contributed by atoms with Crippen molar-refractivity contribution in [3.63, 3.8) is 0 Å². The number of nitrogens with zero attached hydrogens (tertiary/aromatic N) is 1. The molecule has 0 aliphatic carbocycles. The maximum absolute atomic E-state index is 13.7. The van der Waals surface area contributed by atoms with Gasteiger partial charge >= 0.3 is 0 Å². The number of aromatic nitrogens is 1. The van der Waals surface area contributed by atoms with Gasteiger partial charge in [0.25, 0.3) is 0 Å². The highest BCUT2D eigenvalue weighted by molar-refractivity contribution is 5.51. The van der Waals surface area contributed by atoms with Crippen LogP contribution in [0.3, 0.4) is 0 Å². The van der Waals surface area contributed by atoms with Crippen molar-refractivity contribution in [3.05, 3.63) is 47.0 Å². The van der Waals surface area contributed by atoms with Gasteiger partial charge in [-0.25, -0.2) is 4.39 Å². The van der Waals surface area contributed by atoms with E-state index in [0.717, 1.165) is 0 Å². The molecule has 21 heavy (non-hydrogen) atoms. The minimum Gasteiger partial charge on any atom is -0.506 e. The lowest BCUT2D eigenvalue weighted by molar-refractivity contribution is 0.279. The molecule has 0 amide bonds. The summed E-state index contributed by atoms with van der Waals surface area (Å²) in [6, 6.07) is 4.35. The Morgan fingerprint density at radius 2 is 2.14 bits per heavy atom. The van der Waals surface area contributed by atoms with Crippen LogP contribution in [-0.2, 0) is 13.2 Å². The van der Waals surface area contributed by atoms with Crippen LogP contribution in [0.5, 0.6) is 11.5 Å². The molecule has 1 aromatic carbocycles. The molecule has 1 heterocycles. The summed E-state index contributed by atoms with van der Waals surface area (Å²) < 4.78 is 18.8. The van der Waals surface area contributed by atoms with Gasteiger partial charge in [0.2, 0.25) is 0 Å². The zero-order valence-corrected chi connectivity index (χ0v) is 11.9. The van der Waals surface area contributed by atoms with Crippen LogP contribution in [0.15, 0.2) is 24.4 Å². The van der Waals surface area contributed by atoms with Crippen LogP contribution in [0.1, 0.15) is 16.8 Å². The van der Waals surface area contributed by atoms with Crippen molar-refractivity contribution >= 4 is 5.69 Å². The first kappa shape index (κ1) is 15.1. The number of hydrogen-bond donors (Lipinski definition) is 3. The first-order valence-corrected chi connectivity index (χ1v) is 6.41. The number of aliphatic hydroxyl groups excluding tert-OH is 1. The van der Waals surface area contributed by atoms with Crippen molar-refractivity contribution in [2.24, 2.45) is 0 Å². The maximum Gasteiger partial charge on any atom is 0.146 e. The topological polar surface area (TPSA) is 74.6 Å². The van der Waals surface area contributed by atoms with Crippen LogP contribution in [0, 0.1) is 12.7 Å². The molecule has 0 atom stereocenters. The fourth-order valence-corrected chi connectivity index (χ4v) is 1.97. The summed E-state index contributed by atoms with van der Waals surface area (Å²) in [5.41, 5.74) is 1.70. The fourth-order valence-electron chi connectivity index (χ4n) is 1.97. The number of anilines is 1. The third-order valence-corrected chi connectivity index (χ3v) is 3.23. The van der Waals surface area contributed by atoms with Gasteiger partial charge in [-0.05, 0) is 19.1 Å². The first-order valence-electron chi connectivity index (χ1n) is 6.41. The number of rotatable bonds is 5. The van der Waals surface area contributed by atoms with E-state index in [1.165, 1.54) is 31.5 Å². The molecule has 0 spiro atoms. The molecule has 0 unspecified atom stereocenters. The Kier molecular flexibility index (Phi) is 4.59. The zero-order chi connectivity index (χ0) is 15.4. The summed E-state index contributed by atoms with van der Waals surface area (Å²) in [5, 5.41) is 22.2. The number of benzene rings is 1. The number of ether oxygens (including phenoxy) is 1. The smallest absolute Gasteiger partial charge is 0.146 e. The Morgan fingerprint density at radius 3 is 2.81 bits per heavy atom. The Morgan fingerprint density at radius 1 is 1.38 bits per heavy atom. The molecule has 2 aromatic rings. The van der Waals surface area contributed by atoms with Crippen LogP contribution in [-0.4, -0.2) is 22.3 Å². The molecule has 0 saturated carbocycles. The molecule has 1 aromatic heterocycles. The molecule has 0 aliphatic heterocycles. The molecule has 3 N–H and O–H groups in total. The lowest BCUT2D eigenvalue weighted by Gasteiger charge is -2.14. The normalized spacial score (nSPS) is 10.5. The van der Waals surface area contributed by atoms with Gasteiger partial charge in [0.15, 0.2) is 0 Å². The summed E-state index contributed by atoms with van der Waals surface area (Å²) in [6.07, 6.45) is 1.49. The molecule has 0 bridgehead atoms. The van der Waals surface area contributed by atoms with E-state index in [2.05, 4.69) is 10.3 Å². The highest BCUT2D eigenvalue weighted by Gasteiger charge is 2.12. The van der Waals surface area contributed by atoms with Crippen LogP contribution in [0.4, 0.5) is 10.1 Å². The average Bonchev–Trinajstić information content (AvgIpc) is 2.50. The largest absolute Gasteiger partial charge is 0.506 e. The lowest BCUT2D eigenvalue weighted by atomic mass is 10.1. The molecule has 0 saturated heterocycles. The van der Waals surface area contributed by atoms with Crippen molar-refractivity contribution in [3.8, 4) is 11.5 Å². The van der Waals surface area contributed by atoms with E-state index in [0.29, 0.717) is 22.6 Å². The van der Waals surface area contributed by atoms with E-state index in [-0.39, 0.29) is 24.6 Å². The molecule has 2 rings (SSSR count). The average molecular weight is 292 g/mol. The van der Waals surface area contributed by atoms with E-state index in [9.17, 15) is 14.6 Å². The van der Waals surface area contributed by atoms with Gasteiger partial charge in [-0.1, -0.05) is 0 Å². The minimum absolute atomic E-state index is 0.00245. The highest BCUT2D eigenvalue weighted by atomic mass is 19.1. The maximum atomic E-state index is 13.7. The predicted molar refractivity (Wildman–Crippen MR) is 76.8 cm³/mol. The molecule has 5 nitrogen and oxygen atoms in total. The lowest BCUT2D eigenvalue weighted by Crippen LogP contribution is -2.06. The minimum atomic E-state index is -0.424. The van der Waals surface area contributed by atoms with Crippen LogP contribution >= 0.6 is 0 Å². The van der Waals surface area contributed by atoms with Gasteiger partial charge in [0, 0.05) is 29.9 Å². The van der Waals surface area contributed by atoms with Gasteiger partial charge in [-0.3, -0.25) is 4.98 Å². The summed E-state index contributed by atoms with van der Waals surface area (Å²) in [4.78, 5) is 3.98. The third kappa shape index (κ3) is 3.22. The number of aliphatic hydroxyl groups is 1. The van der Waals surface area contributed by atoms with Gasteiger partial charge in [-0.2, -0.15) is 0 Å². The molecule has 112 valence electrons. The van der Waals surface area contributed by atoms with Crippen LogP contribution in [0.2, 0.25) is 0 Å². The number of methoxy groups -OCH3 is 1. The first-order chi connectivity index (χ1) is 10.1. The zero-order valence-electron chi connectivity index (χ0n) is 11.9. The SMILES string of the molecule is COc1ccc(F)c(NCc2c(CO)cnc(C)c2O)c1. The van der Waals surface area contributed by atoms with E-state index >= 15 is 0 Å². The monoisotopic (exact) mass is 292 g/mol. The summed E-state index contributed by atoms with van der Waals surface area (Å²) in [6.45, 7) is 1.57. The number of nitrogens with one attached hydrogen (secondary N) is 1. The second-order valence-electron chi connectivity index (χ2n) is 4.55. The summed E-state index contributed by atoms with van der Waals surface area (Å²) >= 11 is 0. The quantitative estimate of drug-likeness (QED) is 0.789. The third-order valence-electron chi connectivity index (χ3n) is 3.23. The molecular weight excluding hydrogens is 275 g/mol. The second kappa shape index (κ2) is 6.41. The number of aryl methyl sites for hydroxylation is 1. The van der Waals surface area contributed by atoms with Crippen molar-refractivity contribution in [2.75, 3.05) is 12.4 Å². The van der Waals surface area contributed by atoms with E-state index < -0.39 is 5.82 Å². The van der Waals surface area contributed by atoms with Crippen molar-refractivity contribution in [1.82, 2.24) is 4.98 Å². The van der Waals surface area contributed by atoms with Crippen LogP contribution < -0.4 is 10.1 Å². The highest BCUT2D eigenvalue weighted by Crippen LogP contribution is 2.26. The van der Waals surface area contributed by atoms with E-state index in [1.54, 1.807) is 6.92 Å². The van der Waals surface area contributed by atoms with Crippen molar-refractivity contribution in [1.29, 1.82) is 0 Å². The molecule has 0 aliphatic rings. The van der Waals surface area contributed by atoms with E-state index in [4.69, 9.17) is 4.74 Å². The van der Waals surface area contributed by atoms with Gasteiger partial charge < -0.3 is 20.3 Å². The van der Waals surface area contributed by atoms with Crippen molar-refractivity contribution < 1.29 is 19.3 Å². The summed E-state index contributed by atoms with van der Waals surface area (Å²) in [7, 11) is 1.50. The summed E-state index contributed by atoms with van der Waals surface area (Å²) in [5.74, 6) is 0.0976. The van der Waals surface area contributed by atoms with Gasteiger partial charge in [0.1, 0.15) is 17.3 Å². The Bertz CT molecular complexity index is 647. The van der Waals surface area contributed by atoms with Gasteiger partial charge in [0.05, 0.1) is 25.1 Å². The number of hydrogen-bond acceptors (Lipinski definition) is 5. The van der Waals surface area contributed by atoms with Crippen LogP contribution in [0.25, 0.3) is 0 Å². The molecule has 0 fully saturated rings. The standard InChI is InChI=1S/C15H17FN2O3/c1-9-15(20)12(10(8-19)6-17-9)7-18-14-5-11(21-2)3-4-13(14)16/h3-6,18-20H,7-8H2,1-2H3. The number of aromatic hydroxyl groups is 1. The Balaban J connectivity index is 2.26. The predicted octanol–water partition coefficient (Wildman–Crippen LogP) is 2.35. The molecule has 0 radical (unpaired) electrons. The van der Waals surface area contributed by atoms with Gasteiger partial charge in [-0.15, -0.1) is 0 Å². The van der Waals surface area contributed by atoms with E-state index in [1.807, 2.05) is 0 Å². The molecular formula is C15H17FN2O3. The number of pyridine rings is 1. The Hall–Kier alpha value is -2.34. The van der Waals surface area contributed by atoms with Crippen molar-refractivity contribution in [2.45, 2.75) is 20.1 Å². The Labute approximate surface area is 122 Å². The fraction of sp³-hybridized carbons (Fsp3) is 0.267. The number of halogens is 1.